The molecule has 0 unspecified atom stereocenters. The Kier molecular flexibility index (Phi) is 8.25. The average Bonchev–Trinajstić information content (AvgIpc) is 2.71. The molecule has 164 valence electrons. The highest BCUT2D eigenvalue weighted by molar-refractivity contribution is 7.40. The van der Waals surface area contributed by atoms with E-state index in [-0.39, 0.29) is 0 Å². The summed E-state index contributed by atoms with van der Waals surface area (Å²) in [7, 11) is 1.24. The predicted octanol–water partition coefficient (Wildman–Crippen LogP) is -1.44. The van der Waals surface area contributed by atoms with Gasteiger partial charge in [-0.25, -0.2) is 4.99 Å². The molecule has 2 aromatic rings. The Bertz CT molecular complexity index is 946. The van der Waals surface area contributed by atoms with E-state index in [9.17, 15) is 0 Å². The smallest absolute Gasteiger partial charge is 0.186 e. The highest BCUT2D eigenvalue weighted by Crippen LogP contribution is 2.32. The van der Waals surface area contributed by atoms with Crippen LogP contribution in [0.5, 0.6) is 23.0 Å². The second kappa shape index (κ2) is 10.4. The van der Waals surface area contributed by atoms with Crippen molar-refractivity contribution in [1.29, 1.82) is 0 Å². The van der Waals surface area contributed by atoms with Crippen LogP contribution >= 0.6 is 7.82 Å². The summed E-state index contributed by atoms with van der Waals surface area (Å²) in [5, 5.41) is 0. The van der Waals surface area contributed by atoms with Gasteiger partial charge in [0.1, 0.15) is 6.54 Å². The Morgan fingerprint density at radius 2 is 1.40 bits per heavy atom. The van der Waals surface area contributed by atoms with Crippen LogP contribution in [0.1, 0.15) is 16.7 Å². The summed E-state index contributed by atoms with van der Waals surface area (Å²) in [5.41, 5.74) is 4.78. The van der Waals surface area contributed by atoms with E-state index in [1.807, 2.05) is 12.1 Å². The maximum atomic E-state index is 8.55. The van der Waals surface area contributed by atoms with Crippen molar-refractivity contribution in [3.8, 4) is 23.0 Å². The van der Waals surface area contributed by atoms with Crippen molar-refractivity contribution in [2.45, 2.75) is 12.8 Å². The van der Waals surface area contributed by atoms with Crippen LogP contribution in [0.4, 0.5) is 0 Å². The standard InChI is InChI=1S/C20H23NO4.H3O4P/c1-22-17-6-5-13(10-18(17)23-2)9-16-15-12-20(25-4)19(24-3)11-14(15)7-8-21-16;1-5(2,3)4/h5-6,10-12H,7-9H2,1-4H3;(H3,1,2,3,4)/p-2. The number of hydrogen-bond acceptors (Lipinski definition) is 8. The van der Waals surface area contributed by atoms with Gasteiger partial charge in [-0.15, -0.1) is 0 Å². The Morgan fingerprint density at radius 1 is 0.867 bits per heavy atom. The third-order valence-electron chi connectivity index (χ3n) is 4.50. The molecule has 0 saturated carbocycles. The third kappa shape index (κ3) is 6.47. The van der Waals surface area contributed by atoms with Gasteiger partial charge >= 0.3 is 0 Å². The number of rotatable bonds is 6. The Labute approximate surface area is 175 Å². The molecule has 1 heterocycles. The van der Waals surface area contributed by atoms with Crippen molar-refractivity contribution in [1.82, 2.24) is 0 Å². The molecule has 10 heteroatoms. The Hall–Kier alpha value is -2.58. The van der Waals surface area contributed by atoms with E-state index in [0.29, 0.717) is 0 Å². The van der Waals surface area contributed by atoms with E-state index in [0.717, 1.165) is 47.9 Å². The normalized spacial score (nSPS) is 12.7. The molecule has 0 atom stereocenters. The fraction of sp³-hybridized carbons (Fsp3) is 0.350. The summed E-state index contributed by atoms with van der Waals surface area (Å²) in [6.45, 7) is 0.908. The van der Waals surface area contributed by atoms with E-state index in [2.05, 4.69) is 23.2 Å². The van der Waals surface area contributed by atoms with E-state index in [1.165, 1.54) is 16.8 Å². The van der Waals surface area contributed by atoms with Crippen LogP contribution < -0.4 is 38.6 Å². The Morgan fingerprint density at radius 3 is 1.97 bits per heavy atom. The highest BCUT2D eigenvalue weighted by atomic mass is 31.2. The van der Waals surface area contributed by atoms with Gasteiger partial charge in [-0.2, -0.15) is 7.82 Å². The second-order valence-corrected chi connectivity index (χ2v) is 7.23. The Balaban J connectivity index is 0.000000575. The molecule has 2 aromatic carbocycles. The molecule has 0 radical (unpaired) electrons. The van der Waals surface area contributed by atoms with Gasteiger partial charge in [-0.1, -0.05) is 6.07 Å². The zero-order valence-corrected chi connectivity index (χ0v) is 18.1. The molecule has 9 nitrogen and oxygen atoms in total. The summed E-state index contributed by atoms with van der Waals surface area (Å²) in [6.07, 6.45) is 1.74. The van der Waals surface area contributed by atoms with Crippen LogP contribution in [0.2, 0.25) is 0 Å². The number of methoxy groups -OCH3 is 4. The molecule has 0 fully saturated rings. The van der Waals surface area contributed by atoms with Crippen molar-refractivity contribution in [3.63, 3.8) is 0 Å². The summed E-state index contributed by atoms with van der Waals surface area (Å²) < 4.78 is 30.2. The number of benzene rings is 2. The molecule has 0 aromatic heterocycles. The minimum atomic E-state index is -5.39. The van der Waals surface area contributed by atoms with Crippen LogP contribution in [0.15, 0.2) is 30.3 Å². The maximum absolute atomic E-state index is 8.55. The lowest BCUT2D eigenvalue weighted by atomic mass is 9.93. The van der Waals surface area contributed by atoms with Crippen LogP contribution in [0.25, 0.3) is 0 Å². The fourth-order valence-electron chi connectivity index (χ4n) is 3.20. The third-order valence-corrected chi connectivity index (χ3v) is 4.50. The van der Waals surface area contributed by atoms with Gasteiger partial charge < -0.3 is 38.2 Å². The first kappa shape index (κ1) is 23.7. The topological polar surface area (TPSA) is 137 Å². The van der Waals surface area contributed by atoms with E-state index in [1.54, 1.807) is 28.4 Å². The number of fused-ring (bicyclic) bond motifs is 1. The number of hydrogen-bond donors (Lipinski definition) is 1. The summed E-state index contributed by atoms with van der Waals surface area (Å²) in [4.78, 5) is 29.2. The van der Waals surface area contributed by atoms with Crippen molar-refractivity contribution in [3.05, 3.63) is 47.0 Å². The lowest BCUT2D eigenvalue weighted by Crippen LogP contribution is -2.76. The minimum absolute atomic E-state index is 0.736. The number of nitrogens with one attached hydrogen (secondary N) is 1. The molecular weight excluding hydrogens is 413 g/mol. The van der Waals surface area contributed by atoms with E-state index in [4.69, 9.17) is 38.2 Å². The highest BCUT2D eigenvalue weighted by Gasteiger charge is 2.23. The van der Waals surface area contributed by atoms with Crippen LogP contribution in [-0.2, 0) is 17.4 Å². The van der Waals surface area contributed by atoms with Gasteiger partial charge in [0.15, 0.2) is 28.7 Å². The SMILES string of the molecule is COc1ccc(CC2=[NH+]CCc3cc(OC)c(OC)cc32)cc1OC.O=P([O-])([O-])[O-]. The molecule has 0 amide bonds. The largest absolute Gasteiger partial charge is 0.822 e. The average molecular weight is 437 g/mol. The van der Waals surface area contributed by atoms with Gasteiger partial charge in [-0.3, -0.25) is 0 Å². The van der Waals surface area contributed by atoms with Crippen molar-refractivity contribution < 1.29 is 43.2 Å². The second-order valence-electron chi connectivity index (χ2n) is 6.33. The molecule has 0 bridgehead atoms. The first-order valence-electron chi connectivity index (χ1n) is 8.99. The van der Waals surface area contributed by atoms with Crippen LogP contribution in [0.3, 0.4) is 0 Å². The van der Waals surface area contributed by atoms with Crippen molar-refractivity contribution in [2.75, 3.05) is 35.0 Å². The molecule has 30 heavy (non-hydrogen) atoms. The quantitative estimate of drug-likeness (QED) is 0.543. The minimum Gasteiger partial charge on any atom is -0.822 e. The lowest BCUT2D eigenvalue weighted by Gasteiger charge is -2.36. The maximum Gasteiger partial charge on any atom is 0.186 e. The summed E-state index contributed by atoms with van der Waals surface area (Å²) >= 11 is 0. The molecule has 0 saturated heterocycles. The van der Waals surface area contributed by atoms with Crippen molar-refractivity contribution in [2.24, 2.45) is 0 Å². The summed E-state index contributed by atoms with van der Waals surface area (Å²) in [6, 6.07) is 10.1. The number of phosphoric acid groups is 1. The molecule has 3 rings (SSSR count). The first-order valence-corrected chi connectivity index (χ1v) is 10.4. The van der Waals surface area contributed by atoms with Gasteiger partial charge in [0.2, 0.25) is 0 Å². The molecule has 1 aliphatic heterocycles. The van der Waals surface area contributed by atoms with Crippen molar-refractivity contribution >= 4 is 13.5 Å². The zero-order valence-electron chi connectivity index (χ0n) is 17.2. The molecular formula is C20H24NO8P-2. The van der Waals surface area contributed by atoms with Gasteiger partial charge in [0.25, 0.3) is 0 Å². The lowest BCUT2D eigenvalue weighted by molar-refractivity contribution is -0.458. The van der Waals surface area contributed by atoms with Gasteiger partial charge in [-0.05, 0) is 35.4 Å². The first-order chi connectivity index (χ1) is 14.2. The van der Waals surface area contributed by atoms with Gasteiger partial charge in [0.05, 0.1) is 34.9 Å². The summed E-state index contributed by atoms with van der Waals surface area (Å²) in [5.74, 6) is 2.99. The van der Waals surface area contributed by atoms with Gasteiger partial charge in [0, 0.05) is 12.0 Å². The van der Waals surface area contributed by atoms with E-state index >= 15 is 0 Å². The molecule has 0 spiro atoms. The van der Waals surface area contributed by atoms with E-state index < -0.39 is 7.82 Å². The van der Waals surface area contributed by atoms with Crippen LogP contribution in [0, 0.1) is 0 Å². The zero-order chi connectivity index (χ0) is 22.3. The fourth-order valence-corrected chi connectivity index (χ4v) is 3.20. The molecule has 1 aliphatic rings. The molecule has 1 N–H and O–H groups in total. The monoisotopic (exact) mass is 437 g/mol. The predicted molar refractivity (Wildman–Crippen MR) is 104 cm³/mol. The number of ether oxygens (including phenoxy) is 4. The van der Waals surface area contributed by atoms with Crippen LogP contribution in [-0.4, -0.2) is 40.7 Å². The molecule has 0 aliphatic carbocycles.